The molecule has 0 aromatic heterocycles. The maximum Gasteiger partial charge on any atom is 0.410 e. The second kappa shape index (κ2) is 5.01. The fraction of sp³-hybridized carbons (Fsp3) is 0.909. The van der Waals surface area contributed by atoms with E-state index in [1.54, 1.807) is 20.8 Å². The van der Waals surface area contributed by atoms with Gasteiger partial charge < -0.3 is 19.8 Å². The highest BCUT2D eigenvalue weighted by Gasteiger charge is 2.33. The number of carbonyl (C=O) groups excluding carboxylic acids is 1. The Morgan fingerprint density at radius 1 is 1.44 bits per heavy atom. The molecule has 5 nitrogen and oxygen atoms in total. The molecule has 2 atom stereocenters. The van der Waals surface area contributed by atoms with Gasteiger partial charge >= 0.3 is 6.09 Å². The van der Waals surface area contributed by atoms with Crippen molar-refractivity contribution in [2.45, 2.75) is 51.4 Å². The van der Waals surface area contributed by atoms with Crippen LogP contribution in [0.5, 0.6) is 0 Å². The lowest BCUT2D eigenvalue weighted by molar-refractivity contribution is -0.0223. The summed E-state index contributed by atoms with van der Waals surface area (Å²) in [6.45, 7) is 5.52. The predicted octanol–water partition coefficient (Wildman–Crippen LogP) is 0.739. The van der Waals surface area contributed by atoms with Crippen molar-refractivity contribution in [2.24, 2.45) is 0 Å². The van der Waals surface area contributed by atoms with Crippen molar-refractivity contribution in [1.29, 1.82) is 0 Å². The molecule has 1 aliphatic rings. The van der Waals surface area contributed by atoms with Crippen molar-refractivity contribution in [3.05, 3.63) is 0 Å². The second-order valence-electron chi connectivity index (χ2n) is 5.20. The fourth-order valence-electron chi connectivity index (χ4n) is 1.74. The Hall–Kier alpha value is -0.810. The van der Waals surface area contributed by atoms with Crippen molar-refractivity contribution in [3.63, 3.8) is 0 Å². The van der Waals surface area contributed by atoms with Gasteiger partial charge in [0.1, 0.15) is 5.60 Å². The first-order valence-electron chi connectivity index (χ1n) is 5.62. The Labute approximate surface area is 96.0 Å². The molecule has 5 heteroatoms. The zero-order valence-corrected chi connectivity index (χ0v) is 10.1. The zero-order chi connectivity index (χ0) is 12.3. The van der Waals surface area contributed by atoms with E-state index < -0.39 is 17.8 Å². The predicted molar refractivity (Wildman–Crippen MR) is 59.1 cm³/mol. The van der Waals surface area contributed by atoms with Gasteiger partial charge in [0, 0.05) is 0 Å². The van der Waals surface area contributed by atoms with Crippen LogP contribution < -0.4 is 0 Å². The van der Waals surface area contributed by atoms with E-state index >= 15 is 0 Å². The van der Waals surface area contributed by atoms with Gasteiger partial charge in [-0.1, -0.05) is 0 Å². The maximum absolute atomic E-state index is 11.8. The van der Waals surface area contributed by atoms with E-state index in [9.17, 15) is 9.90 Å². The molecule has 1 unspecified atom stereocenters. The third-order valence-corrected chi connectivity index (χ3v) is 2.52. The number of aliphatic hydroxyl groups excluding tert-OH is 2. The third kappa shape index (κ3) is 3.64. The average Bonchev–Trinajstić information content (AvgIpc) is 2.15. The van der Waals surface area contributed by atoms with Gasteiger partial charge in [-0.25, -0.2) is 4.79 Å². The molecule has 0 saturated carbocycles. The molecule has 0 radical (unpaired) electrons. The standard InChI is InChI=1S/C11H21NO4/c1-11(2,3)16-10(15)12-6-9(14)5-4-8(12)7-13/h8-9,13-14H,4-7H2,1-3H3/t8-,9?/m1/s1. The lowest BCUT2D eigenvalue weighted by Crippen LogP contribution is -2.51. The minimum Gasteiger partial charge on any atom is -0.444 e. The van der Waals surface area contributed by atoms with Crippen molar-refractivity contribution in [2.75, 3.05) is 13.2 Å². The molecule has 16 heavy (non-hydrogen) atoms. The van der Waals surface area contributed by atoms with Gasteiger partial charge in [-0.2, -0.15) is 0 Å². The van der Waals surface area contributed by atoms with Gasteiger partial charge in [-0.15, -0.1) is 0 Å². The van der Waals surface area contributed by atoms with E-state index in [0.29, 0.717) is 12.8 Å². The number of hydrogen-bond acceptors (Lipinski definition) is 4. The van der Waals surface area contributed by atoms with Crippen LogP contribution in [0.3, 0.4) is 0 Å². The topological polar surface area (TPSA) is 70.0 Å². The van der Waals surface area contributed by atoms with Gasteiger partial charge in [0.2, 0.25) is 0 Å². The van der Waals surface area contributed by atoms with E-state index in [4.69, 9.17) is 9.84 Å². The Balaban J connectivity index is 2.63. The molecule has 1 rings (SSSR count). The highest BCUT2D eigenvalue weighted by molar-refractivity contribution is 5.68. The van der Waals surface area contributed by atoms with E-state index in [1.807, 2.05) is 0 Å². The molecule has 94 valence electrons. The molecular formula is C11H21NO4. The molecule has 0 spiro atoms. The summed E-state index contributed by atoms with van der Waals surface area (Å²) in [4.78, 5) is 13.2. The molecule has 2 N–H and O–H groups in total. The summed E-state index contributed by atoms with van der Waals surface area (Å²) in [6.07, 6.45) is 0.238. The molecule has 1 aliphatic heterocycles. The summed E-state index contributed by atoms with van der Waals surface area (Å²) in [7, 11) is 0. The lowest BCUT2D eigenvalue weighted by atomic mass is 10.0. The highest BCUT2D eigenvalue weighted by Crippen LogP contribution is 2.20. The number of β-amino-alcohol motifs (C(OH)–C–C–N with tert-alkyl or cyclic N) is 1. The van der Waals surface area contributed by atoms with Crippen LogP contribution >= 0.6 is 0 Å². The lowest BCUT2D eigenvalue weighted by Gasteiger charge is -2.37. The quantitative estimate of drug-likeness (QED) is 0.698. The number of aliphatic hydroxyl groups is 2. The summed E-state index contributed by atoms with van der Waals surface area (Å²) in [5, 5.41) is 18.7. The van der Waals surface area contributed by atoms with Crippen molar-refractivity contribution in [1.82, 2.24) is 4.90 Å². The van der Waals surface area contributed by atoms with E-state index in [-0.39, 0.29) is 19.2 Å². The number of carbonyl (C=O) groups is 1. The summed E-state index contributed by atoms with van der Waals surface area (Å²) in [5.74, 6) is 0. The van der Waals surface area contributed by atoms with Gasteiger partial charge in [0.15, 0.2) is 0 Å². The number of hydrogen-bond donors (Lipinski definition) is 2. The van der Waals surface area contributed by atoms with Crippen LogP contribution in [0.15, 0.2) is 0 Å². The Morgan fingerprint density at radius 2 is 2.06 bits per heavy atom. The molecule has 1 fully saturated rings. The first kappa shape index (κ1) is 13.3. The van der Waals surface area contributed by atoms with Crippen LogP contribution in [0.25, 0.3) is 0 Å². The number of ether oxygens (including phenoxy) is 1. The highest BCUT2D eigenvalue weighted by atomic mass is 16.6. The number of likely N-dealkylation sites (tertiary alicyclic amines) is 1. The molecule has 0 aromatic carbocycles. The largest absolute Gasteiger partial charge is 0.444 e. The number of piperidine rings is 1. The van der Waals surface area contributed by atoms with Gasteiger partial charge in [0.25, 0.3) is 0 Å². The molecule has 1 heterocycles. The molecule has 0 aliphatic carbocycles. The number of amides is 1. The molecule has 0 bridgehead atoms. The first-order valence-corrected chi connectivity index (χ1v) is 5.62. The van der Waals surface area contributed by atoms with E-state index in [2.05, 4.69) is 0 Å². The molecule has 1 saturated heterocycles. The average molecular weight is 231 g/mol. The Morgan fingerprint density at radius 3 is 2.56 bits per heavy atom. The molecular weight excluding hydrogens is 210 g/mol. The normalized spacial score (nSPS) is 26.7. The Bertz CT molecular complexity index is 249. The first-order chi connectivity index (χ1) is 7.33. The van der Waals surface area contributed by atoms with Crippen LogP contribution in [-0.4, -0.2) is 52.1 Å². The Kier molecular flexibility index (Phi) is 4.15. The summed E-state index contributed by atoms with van der Waals surface area (Å²) in [6, 6.07) is -0.238. The summed E-state index contributed by atoms with van der Waals surface area (Å²) < 4.78 is 5.22. The van der Waals surface area contributed by atoms with E-state index in [1.165, 1.54) is 4.90 Å². The van der Waals surface area contributed by atoms with Gasteiger partial charge in [0.05, 0.1) is 25.3 Å². The monoisotopic (exact) mass is 231 g/mol. The van der Waals surface area contributed by atoms with Crippen LogP contribution in [-0.2, 0) is 4.74 Å². The summed E-state index contributed by atoms with van der Waals surface area (Å²) >= 11 is 0. The van der Waals surface area contributed by atoms with Gasteiger partial charge in [-0.05, 0) is 33.6 Å². The third-order valence-electron chi connectivity index (χ3n) is 2.52. The minimum absolute atomic E-state index is 0.0913. The van der Waals surface area contributed by atoms with Crippen LogP contribution in [0.1, 0.15) is 33.6 Å². The van der Waals surface area contributed by atoms with E-state index in [0.717, 1.165) is 0 Å². The maximum atomic E-state index is 11.8. The zero-order valence-electron chi connectivity index (χ0n) is 10.1. The number of nitrogens with zero attached hydrogens (tertiary/aromatic N) is 1. The summed E-state index contributed by atoms with van der Waals surface area (Å²) in [5.41, 5.74) is -0.556. The van der Waals surface area contributed by atoms with Gasteiger partial charge in [-0.3, -0.25) is 0 Å². The fourth-order valence-corrected chi connectivity index (χ4v) is 1.74. The van der Waals surface area contributed by atoms with Crippen LogP contribution in [0.4, 0.5) is 4.79 Å². The van der Waals surface area contributed by atoms with Crippen molar-refractivity contribution >= 4 is 6.09 Å². The second-order valence-corrected chi connectivity index (χ2v) is 5.20. The smallest absolute Gasteiger partial charge is 0.410 e. The molecule has 0 aromatic rings. The van der Waals surface area contributed by atoms with Crippen LogP contribution in [0.2, 0.25) is 0 Å². The van der Waals surface area contributed by atoms with Crippen molar-refractivity contribution < 1.29 is 19.7 Å². The number of rotatable bonds is 1. The van der Waals surface area contributed by atoms with Crippen molar-refractivity contribution in [3.8, 4) is 0 Å². The molecule has 1 amide bonds. The van der Waals surface area contributed by atoms with Crippen LogP contribution in [0, 0.1) is 0 Å². The SMILES string of the molecule is CC(C)(C)OC(=O)N1CC(O)CC[C@@H]1CO. The minimum atomic E-state index is -0.556.